The van der Waals surface area contributed by atoms with E-state index in [1.165, 1.54) is 0 Å². The summed E-state index contributed by atoms with van der Waals surface area (Å²) in [5.41, 5.74) is 1.78. The molecule has 0 aliphatic heterocycles. The molecule has 122 valence electrons. The summed E-state index contributed by atoms with van der Waals surface area (Å²) in [6.45, 7) is 0.632. The molecule has 2 aromatic carbocycles. The molecule has 0 radical (unpaired) electrons. The second-order valence-corrected chi connectivity index (χ2v) is 5.26. The predicted molar refractivity (Wildman–Crippen MR) is 91.3 cm³/mol. The standard InChI is InChI=1S/C17H19ClN2O3/c1-22-15-8-7-14(9-16(15)23-2)19-11-17(21)20-10-12-3-5-13(18)6-4-12/h3-9,19H,10-11H2,1-2H3,(H,20,21). The smallest absolute Gasteiger partial charge is 0.239 e. The third-order valence-corrected chi connectivity index (χ3v) is 3.49. The molecule has 0 aromatic heterocycles. The number of hydrogen-bond donors (Lipinski definition) is 2. The number of carbonyl (C=O) groups is 1. The van der Waals surface area contributed by atoms with Crippen molar-refractivity contribution in [1.82, 2.24) is 5.32 Å². The molecule has 6 heteroatoms. The first-order chi connectivity index (χ1) is 11.1. The third-order valence-electron chi connectivity index (χ3n) is 3.24. The molecule has 5 nitrogen and oxygen atoms in total. The van der Waals surface area contributed by atoms with E-state index in [0.717, 1.165) is 11.3 Å². The van der Waals surface area contributed by atoms with Gasteiger partial charge in [-0.3, -0.25) is 4.79 Å². The van der Waals surface area contributed by atoms with Gasteiger partial charge in [0.2, 0.25) is 5.91 Å². The third kappa shape index (κ3) is 5.07. The SMILES string of the molecule is COc1ccc(NCC(=O)NCc2ccc(Cl)cc2)cc1OC. The number of amides is 1. The fraction of sp³-hybridized carbons (Fsp3) is 0.235. The molecule has 2 aromatic rings. The van der Waals surface area contributed by atoms with E-state index in [-0.39, 0.29) is 12.5 Å². The summed E-state index contributed by atoms with van der Waals surface area (Å²) in [4.78, 5) is 11.9. The summed E-state index contributed by atoms with van der Waals surface area (Å²) < 4.78 is 10.4. The Labute approximate surface area is 140 Å². The number of hydrogen-bond acceptors (Lipinski definition) is 4. The van der Waals surface area contributed by atoms with Gasteiger partial charge in [-0.25, -0.2) is 0 Å². The van der Waals surface area contributed by atoms with Crippen LogP contribution in [0, 0.1) is 0 Å². The van der Waals surface area contributed by atoms with Crippen LogP contribution >= 0.6 is 11.6 Å². The van der Waals surface area contributed by atoms with Crippen molar-refractivity contribution in [2.24, 2.45) is 0 Å². The molecule has 0 fully saturated rings. The van der Waals surface area contributed by atoms with Crippen LogP contribution in [0.5, 0.6) is 11.5 Å². The summed E-state index contributed by atoms with van der Waals surface area (Å²) in [5, 5.41) is 6.56. The van der Waals surface area contributed by atoms with Crippen LogP contribution in [0.2, 0.25) is 5.02 Å². The highest BCUT2D eigenvalue weighted by Crippen LogP contribution is 2.29. The van der Waals surface area contributed by atoms with E-state index in [2.05, 4.69) is 10.6 Å². The Bertz CT molecular complexity index is 659. The van der Waals surface area contributed by atoms with Crippen LogP contribution in [0.25, 0.3) is 0 Å². The summed E-state index contributed by atoms with van der Waals surface area (Å²) in [7, 11) is 3.15. The van der Waals surface area contributed by atoms with Crippen molar-refractivity contribution in [2.45, 2.75) is 6.54 Å². The molecule has 2 rings (SSSR count). The van der Waals surface area contributed by atoms with E-state index in [1.54, 1.807) is 38.5 Å². The summed E-state index contributed by atoms with van der Waals surface area (Å²) in [5.74, 6) is 1.15. The van der Waals surface area contributed by atoms with Gasteiger partial charge in [0.25, 0.3) is 0 Å². The number of rotatable bonds is 7. The summed E-state index contributed by atoms with van der Waals surface area (Å²) in [6, 6.07) is 12.7. The van der Waals surface area contributed by atoms with Crippen molar-refractivity contribution in [1.29, 1.82) is 0 Å². The van der Waals surface area contributed by atoms with Crippen molar-refractivity contribution < 1.29 is 14.3 Å². The number of carbonyl (C=O) groups excluding carboxylic acids is 1. The maximum Gasteiger partial charge on any atom is 0.239 e. The summed E-state index contributed by atoms with van der Waals surface area (Å²) >= 11 is 5.82. The molecule has 0 saturated heterocycles. The largest absolute Gasteiger partial charge is 0.493 e. The van der Waals surface area contributed by atoms with Crippen LogP contribution in [-0.4, -0.2) is 26.7 Å². The Hall–Kier alpha value is -2.40. The van der Waals surface area contributed by atoms with Crippen molar-refractivity contribution in [3.05, 3.63) is 53.1 Å². The molecular formula is C17H19ClN2O3. The van der Waals surface area contributed by atoms with Gasteiger partial charge in [-0.1, -0.05) is 23.7 Å². The average Bonchev–Trinajstić information content (AvgIpc) is 2.59. The Morgan fingerprint density at radius 1 is 1.04 bits per heavy atom. The van der Waals surface area contributed by atoms with Crippen LogP contribution in [0.15, 0.2) is 42.5 Å². The van der Waals surface area contributed by atoms with Crippen LogP contribution in [0.1, 0.15) is 5.56 Å². The van der Waals surface area contributed by atoms with Gasteiger partial charge in [-0.2, -0.15) is 0 Å². The highest BCUT2D eigenvalue weighted by molar-refractivity contribution is 6.30. The van der Waals surface area contributed by atoms with Crippen LogP contribution in [0.3, 0.4) is 0 Å². The van der Waals surface area contributed by atoms with Gasteiger partial charge in [0.05, 0.1) is 20.8 Å². The zero-order chi connectivity index (χ0) is 16.7. The number of ether oxygens (including phenoxy) is 2. The molecule has 0 heterocycles. The Kier molecular flexibility index (Phi) is 6.11. The Morgan fingerprint density at radius 2 is 1.74 bits per heavy atom. The van der Waals surface area contributed by atoms with Crippen LogP contribution in [0.4, 0.5) is 5.69 Å². The number of halogens is 1. The first-order valence-corrected chi connectivity index (χ1v) is 7.47. The zero-order valence-electron chi connectivity index (χ0n) is 13.1. The number of benzene rings is 2. The minimum absolute atomic E-state index is 0.102. The van der Waals surface area contributed by atoms with Crippen molar-refractivity contribution >= 4 is 23.2 Å². The van der Waals surface area contributed by atoms with Crippen molar-refractivity contribution in [3.8, 4) is 11.5 Å². The Morgan fingerprint density at radius 3 is 2.39 bits per heavy atom. The van der Waals surface area contributed by atoms with Crippen LogP contribution in [-0.2, 0) is 11.3 Å². The summed E-state index contributed by atoms with van der Waals surface area (Å²) in [6.07, 6.45) is 0. The van der Waals surface area contributed by atoms with Gasteiger partial charge >= 0.3 is 0 Å². The van der Waals surface area contributed by atoms with Crippen molar-refractivity contribution in [2.75, 3.05) is 26.1 Å². The first kappa shape index (κ1) is 17.0. The highest BCUT2D eigenvalue weighted by Gasteiger charge is 2.06. The maximum atomic E-state index is 11.9. The molecule has 0 aliphatic rings. The van der Waals surface area contributed by atoms with E-state index in [0.29, 0.717) is 23.1 Å². The molecule has 0 aliphatic carbocycles. The molecule has 0 bridgehead atoms. The van der Waals surface area contributed by atoms with E-state index >= 15 is 0 Å². The molecule has 0 spiro atoms. The van der Waals surface area contributed by atoms with E-state index in [4.69, 9.17) is 21.1 Å². The van der Waals surface area contributed by atoms with E-state index < -0.39 is 0 Å². The lowest BCUT2D eigenvalue weighted by Gasteiger charge is -2.11. The second-order valence-electron chi connectivity index (χ2n) is 4.83. The van der Waals surface area contributed by atoms with Crippen LogP contribution < -0.4 is 20.1 Å². The number of methoxy groups -OCH3 is 2. The average molecular weight is 335 g/mol. The van der Waals surface area contributed by atoms with Gasteiger partial charge in [0.1, 0.15) is 0 Å². The van der Waals surface area contributed by atoms with E-state index in [9.17, 15) is 4.79 Å². The molecule has 23 heavy (non-hydrogen) atoms. The molecule has 0 saturated carbocycles. The number of anilines is 1. The fourth-order valence-electron chi connectivity index (χ4n) is 1.99. The second kappa shape index (κ2) is 8.29. The molecule has 0 unspecified atom stereocenters. The van der Waals surface area contributed by atoms with E-state index in [1.807, 2.05) is 18.2 Å². The topological polar surface area (TPSA) is 59.6 Å². The lowest BCUT2D eigenvalue weighted by atomic mass is 10.2. The van der Waals surface area contributed by atoms with Gasteiger partial charge in [0.15, 0.2) is 11.5 Å². The molecule has 1 amide bonds. The van der Waals surface area contributed by atoms with Gasteiger partial charge < -0.3 is 20.1 Å². The molecule has 0 atom stereocenters. The fourth-order valence-corrected chi connectivity index (χ4v) is 2.12. The Balaban J connectivity index is 1.83. The lowest BCUT2D eigenvalue weighted by molar-refractivity contribution is -0.119. The van der Waals surface area contributed by atoms with Gasteiger partial charge in [0, 0.05) is 23.3 Å². The molecular weight excluding hydrogens is 316 g/mol. The number of nitrogens with one attached hydrogen (secondary N) is 2. The van der Waals surface area contributed by atoms with Gasteiger partial charge in [-0.15, -0.1) is 0 Å². The maximum absolute atomic E-state index is 11.9. The lowest BCUT2D eigenvalue weighted by Crippen LogP contribution is -2.29. The first-order valence-electron chi connectivity index (χ1n) is 7.09. The molecule has 2 N–H and O–H groups in total. The normalized spacial score (nSPS) is 10.0. The quantitative estimate of drug-likeness (QED) is 0.817. The monoisotopic (exact) mass is 334 g/mol. The van der Waals surface area contributed by atoms with Gasteiger partial charge in [-0.05, 0) is 29.8 Å². The van der Waals surface area contributed by atoms with Crippen molar-refractivity contribution in [3.63, 3.8) is 0 Å². The predicted octanol–water partition coefficient (Wildman–Crippen LogP) is 3.09. The minimum atomic E-state index is -0.102. The minimum Gasteiger partial charge on any atom is -0.493 e. The zero-order valence-corrected chi connectivity index (χ0v) is 13.8. The highest BCUT2D eigenvalue weighted by atomic mass is 35.5.